The number of nitrogens with zero attached hydrogens (tertiary/aromatic N) is 1. The van der Waals surface area contributed by atoms with Gasteiger partial charge in [0, 0.05) is 13.8 Å². The molecular formula is C6H14N2O. The zero-order chi connectivity index (χ0) is 7.33. The van der Waals surface area contributed by atoms with Gasteiger partial charge in [0.05, 0.1) is 0 Å². The third-order valence-corrected chi connectivity index (χ3v) is 1.44. The first-order valence-electron chi connectivity index (χ1n) is 2.96. The monoisotopic (exact) mass is 130 g/mol. The van der Waals surface area contributed by atoms with Gasteiger partial charge in [0.1, 0.15) is 5.72 Å². The first-order valence-corrected chi connectivity index (χ1v) is 2.96. The Morgan fingerprint density at radius 3 is 2.44 bits per heavy atom. The van der Waals surface area contributed by atoms with Gasteiger partial charge in [-0.05, 0) is 13.3 Å². The molecule has 0 aliphatic rings. The second-order valence-corrected chi connectivity index (χ2v) is 2.06. The Kier molecular flexibility index (Phi) is 3.24. The molecule has 0 aromatic carbocycles. The Bertz CT molecular complexity index is 89.1. The predicted molar refractivity (Wildman–Crippen MR) is 38.4 cm³/mol. The van der Waals surface area contributed by atoms with Crippen molar-refractivity contribution in [2.45, 2.75) is 26.0 Å². The molecule has 0 rings (SSSR count). The number of nitrogens with one attached hydrogen (secondary N) is 1. The minimum absolute atomic E-state index is 0.345. The highest BCUT2D eigenvalue weighted by Gasteiger charge is 2.18. The van der Waals surface area contributed by atoms with Crippen LogP contribution in [0, 0.1) is 0 Å². The van der Waals surface area contributed by atoms with Gasteiger partial charge in [-0.1, -0.05) is 6.92 Å². The van der Waals surface area contributed by atoms with Crippen molar-refractivity contribution in [3.63, 3.8) is 0 Å². The van der Waals surface area contributed by atoms with E-state index in [2.05, 4.69) is 17.2 Å². The largest absolute Gasteiger partial charge is 0.358 e. The molecule has 0 amide bonds. The van der Waals surface area contributed by atoms with E-state index < -0.39 is 0 Å². The second kappa shape index (κ2) is 3.45. The molecule has 1 atom stereocenters. The number of rotatable bonds is 4. The van der Waals surface area contributed by atoms with Crippen LogP contribution in [0.4, 0.5) is 0 Å². The van der Waals surface area contributed by atoms with Crippen LogP contribution in [-0.2, 0) is 4.74 Å². The van der Waals surface area contributed by atoms with Crippen LogP contribution >= 0.6 is 0 Å². The summed E-state index contributed by atoms with van der Waals surface area (Å²) in [5, 5.41) is 3.52. The van der Waals surface area contributed by atoms with Crippen molar-refractivity contribution >= 4 is 6.72 Å². The summed E-state index contributed by atoms with van der Waals surface area (Å²) in [7, 11) is 1.64. The summed E-state index contributed by atoms with van der Waals surface area (Å²) in [6.07, 6.45) is 0.864. The van der Waals surface area contributed by atoms with Gasteiger partial charge in [0.2, 0.25) is 0 Å². The van der Waals surface area contributed by atoms with Crippen LogP contribution in [0.15, 0.2) is 5.10 Å². The zero-order valence-corrected chi connectivity index (χ0v) is 6.27. The van der Waals surface area contributed by atoms with Crippen LogP contribution in [0.2, 0.25) is 0 Å². The first kappa shape index (κ1) is 8.43. The molecule has 0 saturated heterocycles. The minimum atomic E-state index is -0.345. The van der Waals surface area contributed by atoms with Crippen molar-refractivity contribution in [3.05, 3.63) is 0 Å². The van der Waals surface area contributed by atoms with Crippen LogP contribution in [0.1, 0.15) is 20.3 Å². The van der Waals surface area contributed by atoms with Crippen molar-refractivity contribution in [1.82, 2.24) is 5.43 Å². The molecule has 0 radical (unpaired) electrons. The van der Waals surface area contributed by atoms with Gasteiger partial charge >= 0.3 is 0 Å². The third kappa shape index (κ3) is 2.46. The van der Waals surface area contributed by atoms with Crippen LogP contribution in [-0.4, -0.2) is 19.6 Å². The van der Waals surface area contributed by atoms with Gasteiger partial charge in [-0.3, -0.25) is 5.43 Å². The molecule has 0 aliphatic carbocycles. The Hall–Kier alpha value is -0.570. The van der Waals surface area contributed by atoms with E-state index >= 15 is 0 Å². The van der Waals surface area contributed by atoms with E-state index in [1.54, 1.807) is 7.11 Å². The Balaban J connectivity index is 3.75. The topological polar surface area (TPSA) is 33.6 Å². The number of hydrogen-bond acceptors (Lipinski definition) is 3. The maximum Gasteiger partial charge on any atom is 0.150 e. The van der Waals surface area contributed by atoms with Gasteiger partial charge in [-0.2, -0.15) is 5.10 Å². The van der Waals surface area contributed by atoms with Crippen LogP contribution < -0.4 is 5.43 Å². The SMILES string of the molecule is C=NNC(C)(CC)OC. The van der Waals surface area contributed by atoms with Crippen molar-refractivity contribution in [2.75, 3.05) is 7.11 Å². The molecule has 0 aromatic rings. The summed E-state index contributed by atoms with van der Waals surface area (Å²) >= 11 is 0. The lowest BCUT2D eigenvalue weighted by molar-refractivity contribution is -0.0254. The molecule has 54 valence electrons. The maximum atomic E-state index is 5.08. The summed E-state index contributed by atoms with van der Waals surface area (Å²) < 4.78 is 5.08. The lowest BCUT2D eigenvalue weighted by Gasteiger charge is -2.25. The standard InChI is InChI=1S/C6H14N2O/c1-5-6(2,9-4)8-7-3/h8H,3,5H2,1-2,4H3. The molecule has 0 aliphatic heterocycles. The Morgan fingerprint density at radius 1 is 1.78 bits per heavy atom. The minimum Gasteiger partial charge on any atom is -0.358 e. The molecule has 0 aromatic heterocycles. The van der Waals surface area contributed by atoms with E-state index in [1.165, 1.54) is 0 Å². The molecule has 0 saturated carbocycles. The lowest BCUT2D eigenvalue weighted by Crippen LogP contribution is -2.39. The summed E-state index contributed by atoms with van der Waals surface area (Å²) in [5.41, 5.74) is 2.40. The van der Waals surface area contributed by atoms with E-state index in [0.29, 0.717) is 0 Å². The van der Waals surface area contributed by atoms with Crippen LogP contribution in [0.3, 0.4) is 0 Å². The predicted octanol–water partition coefficient (Wildman–Crippen LogP) is 0.964. The molecule has 0 spiro atoms. The van der Waals surface area contributed by atoms with E-state index in [4.69, 9.17) is 4.74 Å². The van der Waals surface area contributed by atoms with E-state index in [1.807, 2.05) is 13.8 Å². The summed E-state index contributed by atoms with van der Waals surface area (Å²) in [4.78, 5) is 0. The quantitative estimate of drug-likeness (QED) is 0.349. The second-order valence-electron chi connectivity index (χ2n) is 2.06. The molecular weight excluding hydrogens is 116 g/mol. The van der Waals surface area contributed by atoms with Gasteiger partial charge in [-0.15, -0.1) is 0 Å². The highest BCUT2D eigenvalue weighted by molar-refractivity contribution is 5.22. The average molecular weight is 130 g/mol. The van der Waals surface area contributed by atoms with Crippen molar-refractivity contribution in [2.24, 2.45) is 5.10 Å². The molecule has 0 bridgehead atoms. The van der Waals surface area contributed by atoms with Crippen molar-refractivity contribution in [3.8, 4) is 0 Å². The van der Waals surface area contributed by atoms with Gasteiger partial charge in [0.15, 0.2) is 0 Å². The van der Waals surface area contributed by atoms with Crippen molar-refractivity contribution in [1.29, 1.82) is 0 Å². The first-order chi connectivity index (χ1) is 4.18. The zero-order valence-electron chi connectivity index (χ0n) is 6.27. The van der Waals surface area contributed by atoms with Crippen molar-refractivity contribution < 1.29 is 4.74 Å². The third-order valence-electron chi connectivity index (χ3n) is 1.44. The fourth-order valence-corrected chi connectivity index (χ4v) is 0.436. The molecule has 1 N–H and O–H groups in total. The highest BCUT2D eigenvalue weighted by Crippen LogP contribution is 2.07. The molecule has 0 fully saturated rings. The fourth-order valence-electron chi connectivity index (χ4n) is 0.436. The fraction of sp³-hybridized carbons (Fsp3) is 0.833. The molecule has 9 heavy (non-hydrogen) atoms. The molecule has 1 unspecified atom stereocenters. The average Bonchev–Trinajstić information content (AvgIpc) is 1.89. The maximum absolute atomic E-state index is 5.08. The molecule has 3 nitrogen and oxygen atoms in total. The Morgan fingerprint density at radius 2 is 2.33 bits per heavy atom. The number of hydrazone groups is 1. The van der Waals surface area contributed by atoms with Crippen LogP contribution in [0.5, 0.6) is 0 Å². The molecule has 0 heterocycles. The Labute approximate surface area is 56.1 Å². The smallest absolute Gasteiger partial charge is 0.150 e. The summed E-state index contributed by atoms with van der Waals surface area (Å²) in [6, 6.07) is 0. The highest BCUT2D eigenvalue weighted by atomic mass is 16.5. The van der Waals surface area contributed by atoms with Gasteiger partial charge < -0.3 is 4.74 Å². The summed E-state index contributed by atoms with van der Waals surface area (Å²) in [6.45, 7) is 7.23. The number of ether oxygens (including phenoxy) is 1. The summed E-state index contributed by atoms with van der Waals surface area (Å²) in [5.74, 6) is 0. The van der Waals surface area contributed by atoms with Crippen LogP contribution in [0.25, 0.3) is 0 Å². The van der Waals surface area contributed by atoms with E-state index in [-0.39, 0.29) is 5.72 Å². The molecule has 3 heteroatoms. The van der Waals surface area contributed by atoms with E-state index in [9.17, 15) is 0 Å². The number of hydrogen-bond donors (Lipinski definition) is 1. The van der Waals surface area contributed by atoms with Gasteiger partial charge in [0.25, 0.3) is 0 Å². The normalized spacial score (nSPS) is 16.3. The number of methoxy groups -OCH3 is 1. The van der Waals surface area contributed by atoms with E-state index in [0.717, 1.165) is 6.42 Å². The van der Waals surface area contributed by atoms with Gasteiger partial charge in [-0.25, -0.2) is 0 Å². The lowest BCUT2D eigenvalue weighted by atomic mass is 10.2.